The minimum absolute atomic E-state index is 0.0908. The second-order valence-corrected chi connectivity index (χ2v) is 3.43. The first kappa shape index (κ1) is 11.5. The van der Waals surface area contributed by atoms with E-state index in [1.807, 2.05) is 6.92 Å². The topological polar surface area (TPSA) is 78.4 Å². The van der Waals surface area contributed by atoms with Crippen LogP contribution in [0, 0.1) is 10.1 Å². The number of rotatable bonds is 4. The van der Waals surface area contributed by atoms with Crippen LogP contribution in [0.15, 0.2) is 18.2 Å². The Labute approximate surface area is 88.0 Å². The molecule has 1 rings (SSSR count). The van der Waals surface area contributed by atoms with Gasteiger partial charge in [0.1, 0.15) is 5.75 Å². The number of nitrogens with two attached hydrogens (primary N) is 1. The number of hydrogen-bond donors (Lipinski definition) is 1. The number of benzene rings is 1. The summed E-state index contributed by atoms with van der Waals surface area (Å²) in [6.45, 7) is 1.81. The van der Waals surface area contributed by atoms with Crippen LogP contribution in [0.5, 0.6) is 5.75 Å². The monoisotopic (exact) mass is 210 g/mol. The summed E-state index contributed by atoms with van der Waals surface area (Å²) >= 11 is 0. The quantitative estimate of drug-likeness (QED) is 0.603. The third-order valence-electron chi connectivity index (χ3n) is 2.03. The average molecular weight is 210 g/mol. The number of methoxy groups -OCH3 is 1. The molecule has 5 nitrogen and oxygen atoms in total. The predicted octanol–water partition coefficient (Wildman–Crippen LogP) is 1.49. The van der Waals surface area contributed by atoms with Gasteiger partial charge < -0.3 is 10.5 Å². The third kappa shape index (κ3) is 2.92. The van der Waals surface area contributed by atoms with Crippen LogP contribution >= 0.6 is 0 Å². The summed E-state index contributed by atoms with van der Waals surface area (Å²) in [6.07, 6.45) is 0.466. The molecule has 5 heteroatoms. The van der Waals surface area contributed by atoms with Gasteiger partial charge in [-0.05, 0) is 25.5 Å². The highest BCUT2D eigenvalue weighted by Crippen LogP contribution is 2.24. The number of nitro groups is 1. The van der Waals surface area contributed by atoms with Crippen LogP contribution in [-0.2, 0) is 6.42 Å². The first-order chi connectivity index (χ1) is 7.04. The minimum Gasteiger partial charge on any atom is -0.497 e. The van der Waals surface area contributed by atoms with Crippen LogP contribution in [0.4, 0.5) is 5.69 Å². The Kier molecular flexibility index (Phi) is 3.62. The normalized spacial score (nSPS) is 12.2. The second-order valence-electron chi connectivity index (χ2n) is 3.43. The number of hydrogen-bond acceptors (Lipinski definition) is 4. The number of nitro benzene ring substituents is 1. The zero-order valence-corrected chi connectivity index (χ0v) is 8.77. The molecule has 0 amide bonds. The molecule has 0 aliphatic carbocycles. The molecular formula is C10H14N2O3. The fraction of sp³-hybridized carbons (Fsp3) is 0.400. The van der Waals surface area contributed by atoms with Crippen LogP contribution in [0.2, 0.25) is 0 Å². The third-order valence-corrected chi connectivity index (χ3v) is 2.03. The first-order valence-electron chi connectivity index (χ1n) is 4.61. The second kappa shape index (κ2) is 4.75. The summed E-state index contributed by atoms with van der Waals surface area (Å²) in [5.41, 5.74) is 6.32. The van der Waals surface area contributed by atoms with Crippen molar-refractivity contribution in [1.29, 1.82) is 0 Å². The summed E-state index contributed by atoms with van der Waals surface area (Å²) < 4.78 is 5.01. The molecule has 0 fully saturated rings. The molecule has 82 valence electrons. The SMILES string of the molecule is COc1ccc([N+](=O)[O-])c(CC(C)N)c1. The molecule has 2 N–H and O–H groups in total. The average Bonchev–Trinajstić information content (AvgIpc) is 2.16. The summed E-state index contributed by atoms with van der Waals surface area (Å²) in [6, 6.07) is 4.55. The Hall–Kier alpha value is -1.62. The molecule has 15 heavy (non-hydrogen) atoms. The van der Waals surface area contributed by atoms with Crippen molar-refractivity contribution in [2.45, 2.75) is 19.4 Å². The molecule has 0 aliphatic heterocycles. The molecular weight excluding hydrogens is 196 g/mol. The number of nitrogens with zero attached hydrogens (tertiary/aromatic N) is 1. The fourth-order valence-electron chi connectivity index (χ4n) is 1.38. The van der Waals surface area contributed by atoms with Gasteiger partial charge in [-0.3, -0.25) is 10.1 Å². The van der Waals surface area contributed by atoms with Crippen LogP contribution < -0.4 is 10.5 Å². The van der Waals surface area contributed by atoms with Crippen molar-refractivity contribution in [2.24, 2.45) is 5.73 Å². The standard InChI is InChI=1S/C10H14N2O3/c1-7(11)5-8-6-9(15-2)3-4-10(8)12(13)14/h3-4,6-7H,5,11H2,1-2H3. The maximum atomic E-state index is 10.7. The van der Waals surface area contributed by atoms with Gasteiger partial charge in [-0.25, -0.2) is 0 Å². The van der Waals surface area contributed by atoms with Crippen molar-refractivity contribution in [3.05, 3.63) is 33.9 Å². The van der Waals surface area contributed by atoms with Gasteiger partial charge in [-0.2, -0.15) is 0 Å². The van der Waals surface area contributed by atoms with E-state index in [2.05, 4.69) is 0 Å². The molecule has 1 unspecified atom stereocenters. The fourth-order valence-corrected chi connectivity index (χ4v) is 1.38. The smallest absolute Gasteiger partial charge is 0.272 e. The number of ether oxygens (including phenoxy) is 1. The Balaban J connectivity index is 3.10. The van der Waals surface area contributed by atoms with Crippen molar-refractivity contribution < 1.29 is 9.66 Å². The lowest BCUT2D eigenvalue weighted by atomic mass is 10.1. The van der Waals surface area contributed by atoms with Gasteiger partial charge in [0.05, 0.1) is 12.0 Å². The Morgan fingerprint density at radius 2 is 2.27 bits per heavy atom. The largest absolute Gasteiger partial charge is 0.497 e. The minimum atomic E-state index is -0.406. The Bertz CT molecular complexity index is 364. The molecule has 1 aromatic carbocycles. The molecule has 0 radical (unpaired) electrons. The molecule has 0 saturated heterocycles. The lowest BCUT2D eigenvalue weighted by Crippen LogP contribution is -2.18. The highest BCUT2D eigenvalue weighted by Gasteiger charge is 2.15. The van der Waals surface area contributed by atoms with E-state index in [9.17, 15) is 10.1 Å². The van der Waals surface area contributed by atoms with Gasteiger partial charge in [0, 0.05) is 17.7 Å². The zero-order chi connectivity index (χ0) is 11.4. The Morgan fingerprint density at radius 1 is 1.60 bits per heavy atom. The van der Waals surface area contributed by atoms with E-state index in [1.165, 1.54) is 13.2 Å². The molecule has 0 spiro atoms. The molecule has 0 aliphatic rings. The molecule has 0 bridgehead atoms. The summed E-state index contributed by atoms with van der Waals surface area (Å²) in [4.78, 5) is 10.3. The predicted molar refractivity (Wildman–Crippen MR) is 57.0 cm³/mol. The van der Waals surface area contributed by atoms with Crippen LogP contribution in [0.3, 0.4) is 0 Å². The van der Waals surface area contributed by atoms with Gasteiger partial charge >= 0.3 is 0 Å². The van der Waals surface area contributed by atoms with Crippen LogP contribution in [-0.4, -0.2) is 18.1 Å². The van der Waals surface area contributed by atoms with Gasteiger partial charge in [-0.15, -0.1) is 0 Å². The highest BCUT2D eigenvalue weighted by atomic mass is 16.6. The van der Waals surface area contributed by atoms with Crippen molar-refractivity contribution in [3.8, 4) is 5.75 Å². The highest BCUT2D eigenvalue weighted by molar-refractivity contribution is 5.45. The zero-order valence-electron chi connectivity index (χ0n) is 8.77. The van der Waals surface area contributed by atoms with E-state index >= 15 is 0 Å². The molecule has 1 atom stereocenters. The van der Waals surface area contributed by atoms with E-state index in [-0.39, 0.29) is 11.7 Å². The van der Waals surface area contributed by atoms with Crippen molar-refractivity contribution in [1.82, 2.24) is 0 Å². The maximum absolute atomic E-state index is 10.7. The van der Waals surface area contributed by atoms with Crippen molar-refractivity contribution in [2.75, 3.05) is 7.11 Å². The molecule has 1 aromatic rings. The van der Waals surface area contributed by atoms with Crippen molar-refractivity contribution in [3.63, 3.8) is 0 Å². The molecule has 0 aromatic heterocycles. The molecule has 0 heterocycles. The van der Waals surface area contributed by atoms with E-state index in [4.69, 9.17) is 10.5 Å². The van der Waals surface area contributed by atoms with Crippen LogP contribution in [0.25, 0.3) is 0 Å². The van der Waals surface area contributed by atoms with Gasteiger partial charge in [0.15, 0.2) is 0 Å². The lowest BCUT2D eigenvalue weighted by Gasteiger charge is -2.07. The van der Waals surface area contributed by atoms with Crippen molar-refractivity contribution >= 4 is 5.69 Å². The van der Waals surface area contributed by atoms with E-state index in [1.54, 1.807) is 12.1 Å². The molecule has 0 saturated carbocycles. The van der Waals surface area contributed by atoms with Gasteiger partial charge in [0.2, 0.25) is 0 Å². The first-order valence-corrected chi connectivity index (χ1v) is 4.61. The van der Waals surface area contributed by atoms with Gasteiger partial charge in [-0.1, -0.05) is 0 Å². The van der Waals surface area contributed by atoms with Crippen LogP contribution in [0.1, 0.15) is 12.5 Å². The summed E-state index contributed by atoms with van der Waals surface area (Å²) in [7, 11) is 1.52. The maximum Gasteiger partial charge on any atom is 0.272 e. The Morgan fingerprint density at radius 3 is 2.73 bits per heavy atom. The summed E-state index contributed by atoms with van der Waals surface area (Å²) in [5, 5.41) is 10.7. The van der Waals surface area contributed by atoms with Gasteiger partial charge in [0.25, 0.3) is 5.69 Å². The van der Waals surface area contributed by atoms with E-state index in [0.717, 1.165) is 0 Å². The lowest BCUT2D eigenvalue weighted by molar-refractivity contribution is -0.385. The van der Waals surface area contributed by atoms with E-state index in [0.29, 0.717) is 17.7 Å². The summed E-state index contributed by atoms with van der Waals surface area (Å²) in [5.74, 6) is 0.608. The van der Waals surface area contributed by atoms with E-state index < -0.39 is 4.92 Å².